The average Bonchev–Trinajstić information content (AvgIpc) is 3.11. The minimum atomic E-state index is -1.97. The van der Waals surface area contributed by atoms with Crippen molar-refractivity contribution in [1.82, 2.24) is 0 Å². The van der Waals surface area contributed by atoms with E-state index in [9.17, 15) is 29.8 Å². The van der Waals surface area contributed by atoms with Gasteiger partial charge in [-0.15, -0.1) is 0 Å². The van der Waals surface area contributed by atoms with Crippen LogP contribution in [-0.2, 0) is 15.1 Å². The van der Waals surface area contributed by atoms with Crippen molar-refractivity contribution in [1.29, 1.82) is 0 Å². The van der Waals surface area contributed by atoms with Crippen LogP contribution in [-0.4, -0.2) is 21.7 Å². The van der Waals surface area contributed by atoms with Crippen LogP contribution in [0.15, 0.2) is 60.7 Å². The number of hydrogen-bond donors (Lipinski definition) is 0. The average molecular weight is 469 g/mol. The molecule has 3 aliphatic carbocycles. The normalized spacial score (nSPS) is 25.8. The van der Waals surface area contributed by atoms with E-state index in [1.807, 2.05) is 0 Å². The molecule has 0 spiro atoms. The number of nitro groups is 2. The second-order valence-corrected chi connectivity index (χ2v) is 9.37. The third-order valence-electron chi connectivity index (χ3n) is 7.89. The van der Waals surface area contributed by atoms with Gasteiger partial charge in [-0.1, -0.05) is 48.5 Å². The van der Waals surface area contributed by atoms with Crippen molar-refractivity contribution in [3.8, 4) is 0 Å². The monoisotopic (exact) mass is 469 g/mol. The lowest BCUT2D eigenvalue weighted by Crippen LogP contribution is -2.57. The van der Waals surface area contributed by atoms with Crippen molar-refractivity contribution in [2.24, 2.45) is 11.8 Å². The summed E-state index contributed by atoms with van der Waals surface area (Å²) in [7, 11) is 0. The molecule has 1 saturated heterocycles. The van der Waals surface area contributed by atoms with Crippen LogP contribution in [0.3, 0.4) is 0 Å². The maximum absolute atomic E-state index is 14.0. The second kappa shape index (κ2) is 6.82. The highest BCUT2D eigenvalue weighted by Crippen LogP contribution is 2.64. The number of nitro benzene ring substituents is 1. The van der Waals surface area contributed by atoms with Crippen LogP contribution in [0, 0.1) is 45.9 Å². The first-order valence-electron chi connectivity index (χ1n) is 11.2. The number of hydrogen-bond acceptors (Lipinski definition) is 6. The Morgan fingerprint density at radius 1 is 0.829 bits per heavy atom. The van der Waals surface area contributed by atoms with Gasteiger partial charge in [0.15, 0.2) is 0 Å². The van der Waals surface area contributed by atoms with Gasteiger partial charge in [0.25, 0.3) is 11.2 Å². The number of aryl methyl sites for hydroxylation is 2. The van der Waals surface area contributed by atoms with Crippen LogP contribution in [0.5, 0.6) is 0 Å². The molecule has 174 valence electrons. The lowest BCUT2D eigenvalue weighted by molar-refractivity contribution is -0.578. The van der Waals surface area contributed by atoms with Gasteiger partial charge in [-0.2, -0.15) is 0 Å². The quantitative estimate of drug-likeness (QED) is 0.324. The molecule has 3 aromatic rings. The van der Waals surface area contributed by atoms with E-state index in [2.05, 4.69) is 0 Å². The van der Waals surface area contributed by atoms with E-state index < -0.39 is 45.0 Å². The van der Waals surface area contributed by atoms with Gasteiger partial charge in [0, 0.05) is 28.0 Å². The predicted octanol–water partition coefficient (Wildman–Crippen LogP) is 4.00. The maximum Gasteiger partial charge on any atom is 0.293 e. The predicted molar refractivity (Wildman–Crippen MR) is 125 cm³/mol. The molecule has 35 heavy (non-hydrogen) atoms. The molecule has 3 aromatic carbocycles. The summed E-state index contributed by atoms with van der Waals surface area (Å²) < 4.78 is 0. The van der Waals surface area contributed by atoms with Crippen LogP contribution in [0.2, 0.25) is 0 Å². The molecule has 9 heteroatoms. The molecular weight excluding hydrogens is 450 g/mol. The Kier molecular flexibility index (Phi) is 4.12. The molecule has 9 nitrogen and oxygen atoms in total. The summed E-state index contributed by atoms with van der Waals surface area (Å²) in [6.07, 6.45) is 0. The number of anilines is 1. The largest absolute Gasteiger partial charge is 0.293 e. The smallest absolute Gasteiger partial charge is 0.274 e. The Morgan fingerprint density at radius 2 is 1.37 bits per heavy atom. The topological polar surface area (TPSA) is 124 Å². The first-order chi connectivity index (χ1) is 16.7. The van der Waals surface area contributed by atoms with Crippen molar-refractivity contribution in [3.63, 3.8) is 0 Å². The number of rotatable bonds is 3. The molecule has 1 aliphatic heterocycles. The van der Waals surface area contributed by atoms with Crippen molar-refractivity contribution >= 4 is 23.2 Å². The molecule has 4 aliphatic rings. The fourth-order valence-electron chi connectivity index (χ4n) is 6.39. The highest BCUT2D eigenvalue weighted by atomic mass is 16.6. The summed E-state index contributed by atoms with van der Waals surface area (Å²) in [5.74, 6) is -4.36. The highest BCUT2D eigenvalue weighted by Gasteiger charge is 2.75. The number of carbonyl (C=O) groups excluding carboxylic acids is 2. The molecule has 7 rings (SSSR count). The van der Waals surface area contributed by atoms with E-state index in [4.69, 9.17) is 0 Å². The van der Waals surface area contributed by atoms with E-state index in [0.29, 0.717) is 33.4 Å². The fraction of sp³-hybridized carbons (Fsp3) is 0.231. The molecule has 0 radical (unpaired) electrons. The molecule has 1 heterocycles. The van der Waals surface area contributed by atoms with Gasteiger partial charge >= 0.3 is 0 Å². The van der Waals surface area contributed by atoms with Gasteiger partial charge in [-0.3, -0.25) is 29.8 Å². The zero-order valence-corrected chi connectivity index (χ0v) is 18.8. The van der Waals surface area contributed by atoms with Crippen molar-refractivity contribution in [3.05, 3.63) is 114 Å². The van der Waals surface area contributed by atoms with E-state index >= 15 is 0 Å². The van der Waals surface area contributed by atoms with Gasteiger partial charge < -0.3 is 0 Å². The molecule has 0 N–H and O–H groups in total. The first-order valence-corrected chi connectivity index (χ1v) is 11.2. The Bertz CT molecular complexity index is 1470. The molecule has 0 saturated carbocycles. The van der Waals surface area contributed by atoms with E-state index in [0.717, 1.165) is 4.90 Å². The van der Waals surface area contributed by atoms with Gasteiger partial charge in [0.05, 0.1) is 10.8 Å². The van der Waals surface area contributed by atoms with Gasteiger partial charge in [0.1, 0.15) is 11.6 Å². The third-order valence-corrected chi connectivity index (χ3v) is 7.89. The minimum Gasteiger partial charge on any atom is -0.274 e. The van der Waals surface area contributed by atoms with Crippen LogP contribution in [0.1, 0.15) is 39.3 Å². The third kappa shape index (κ3) is 2.37. The maximum atomic E-state index is 14.0. The number of nitrogens with zero attached hydrogens (tertiary/aromatic N) is 3. The molecule has 2 atom stereocenters. The lowest BCUT2D eigenvalue weighted by Gasteiger charge is -2.48. The second-order valence-electron chi connectivity index (χ2n) is 9.37. The van der Waals surface area contributed by atoms with Gasteiger partial charge in [0.2, 0.25) is 11.8 Å². The Balaban J connectivity index is 1.66. The standard InChI is InChI=1S/C26H19N3O6/c1-13-11-19(20(28(32)33)12-14(13)2)27-24(30)22-21-15-7-3-5-9-17(15)26(29(34)35,23(22)25(27)31)18-10-6-4-8-16(18)21/h3-12,21-23H,1-2H3/t21?,22-,23+,26?/m1/s1. The number of carbonyl (C=O) groups is 2. The van der Waals surface area contributed by atoms with E-state index in [-0.39, 0.29) is 11.4 Å². The number of benzene rings is 3. The van der Waals surface area contributed by atoms with Crippen LogP contribution in [0.4, 0.5) is 11.4 Å². The highest BCUT2D eigenvalue weighted by molar-refractivity contribution is 6.24. The van der Waals surface area contributed by atoms with E-state index in [1.165, 1.54) is 12.1 Å². The molecule has 0 aromatic heterocycles. The summed E-state index contributed by atoms with van der Waals surface area (Å²) in [5.41, 5.74) is 0.879. The molecule has 2 amide bonds. The van der Waals surface area contributed by atoms with Gasteiger partial charge in [-0.25, -0.2) is 4.90 Å². The van der Waals surface area contributed by atoms with Crippen molar-refractivity contribution in [2.75, 3.05) is 4.90 Å². The zero-order chi connectivity index (χ0) is 24.8. The molecular formula is C26H19N3O6. The Hall–Kier alpha value is -4.40. The van der Waals surface area contributed by atoms with Crippen molar-refractivity contribution < 1.29 is 19.4 Å². The number of amides is 2. The van der Waals surface area contributed by atoms with Crippen LogP contribution in [0.25, 0.3) is 0 Å². The summed E-state index contributed by atoms with van der Waals surface area (Å²) >= 11 is 0. The van der Waals surface area contributed by atoms with E-state index in [1.54, 1.807) is 62.4 Å². The van der Waals surface area contributed by atoms with Crippen LogP contribution >= 0.6 is 0 Å². The minimum absolute atomic E-state index is 0.145. The first kappa shape index (κ1) is 21.2. The Labute approximate surface area is 199 Å². The summed E-state index contributed by atoms with van der Waals surface area (Å²) in [5, 5.41) is 24.9. The summed E-state index contributed by atoms with van der Waals surface area (Å²) in [6, 6.07) is 16.5. The van der Waals surface area contributed by atoms with Crippen molar-refractivity contribution in [2.45, 2.75) is 25.3 Å². The molecule has 0 unspecified atom stereocenters. The molecule has 2 bridgehead atoms. The SMILES string of the molecule is Cc1cc(N2C(=O)[C@@H]3C4c5ccccc5C([N+](=O)[O-])(c5ccccc54)[C@@H]3C2=O)c([N+](=O)[O-])cc1C. The lowest BCUT2D eigenvalue weighted by atomic mass is 9.51. The number of imide groups is 1. The zero-order valence-electron chi connectivity index (χ0n) is 18.8. The van der Waals surface area contributed by atoms with Crippen LogP contribution < -0.4 is 4.90 Å². The van der Waals surface area contributed by atoms with Gasteiger partial charge in [-0.05, 0) is 42.2 Å². The Morgan fingerprint density at radius 3 is 1.91 bits per heavy atom. The summed E-state index contributed by atoms with van der Waals surface area (Å²) in [4.78, 5) is 52.6. The fourth-order valence-corrected chi connectivity index (χ4v) is 6.39. The summed E-state index contributed by atoms with van der Waals surface area (Å²) in [6.45, 7) is 3.43. The molecule has 1 fully saturated rings.